The molecule has 6 nitrogen and oxygen atoms in total. The lowest BCUT2D eigenvalue weighted by atomic mass is 10.2. The van der Waals surface area contributed by atoms with Crippen LogP contribution < -0.4 is 10.1 Å². The van der Waals surface area contributed by atoms with Crippen molar-refractivity contribution in [1.82, 2.24) is 25.5 Å². The van der Waals surface area contributed by atoms with E-state index < -0.39 is 0 Å². The van der Waals surface area contributed by atoms with Gasteiger partial charge in [0.05, 0.1) is 5.69 Å². The third-order valence-corrected chi connectivity index (χ3v) is 6.85. The molecule has 0 bridgehead atoms. The molecule has 0 unspecified atom stereocenters. The van der Waals surface area contributed by atoms with Gasteiger partial charge in [0, 0.05) is 44.5 Å². The van der Waals surface area contributed by atoms with E-state index >= 15 is 0 Å². The SMILES string of the molecule is Clc1cccc(Cl)c1COc1ccc(Br)cc1CNCCSc1nnnn1-c1ccccc1. The first-order valence-electron chi connectivity index (χ1n) is 10.1. The number of nitrogens with zero attached hydrogens (tertiary/aromatic N) is 4. The quantitative estimate of drug-likeness (QED) is 0.183. The topological polar surface area (TPSA) is 64.9 Å². The van der Waals surface area contributed by atoms with E-state index in [9.17, 15) is 0 Å². The van der Waals surface area contributed by atoms with Crippen LogP contribution in [0.4, 0.5) is 0 Å². The number of tetrazole rings is 1. The molecule has 1 N–H and O–H groups in total. The van der Waals surface area contributed by atoms with Crippen molar-refractivity contribution in [2.24, 2.45) is 0 Å². The van der Waals surface area contributed by atoms with Crippen LogP contribution in [0, 0.1) is 0 Å². The van der Waals surface area contributed by atoms with Crippen LogP contribution in [0.3, 0.4) is 0 Å². The van der Waals surface area contributed by atoms with Gasteiger partial charge >= 0.3 is 0 Å². The van der Waals surface area contributed by atoms with Gasteiger partial charge in [0.15, 0.2) is 0 Å². The maximum Gasteiger partial charge on any atom is 0.214 e. The van der Waals surface area contributed by atoms with E-state index in [2.05, 4.69) is 36.8 Å². The summed E-state index contributed by atoms with van der Waals surface area (Å²) in [6.45, 7) is 1.72. The Labute approximate surface area is 214 Å². The minimum absolute atomic E-state index is 0.297. The van der Waals surface area contributed by atoms with Crippen molar-refractivity contribution in [3.05, 3.63) is 92.4 Å². The molecule has 0 aliphatic heterocycles. The highest BCUT2D eigenvalue weighted by Crippen LogP contribution is 2.28. The minimum atomic E-state index is 0.297. The number of halogens is 3. The van der Waals surface area contributed by atoms with Crippen LogP contribution in [-0.4, -0.2) is 32.5 Å². The van der Waals surface area contributed by atoms with Gasteiger partial charge in [-0.05, 0) is 52.9 Å². The first-order valence-corrected chi connectivity index (χ1v) is 12.7. The number of hydrogen-bond donors (Lipinski definition) is 1. The third-order valence-electron chi connectivity index (χ3n) is 4.72. The number of para-hydroxylation sites is 1. The van der Waals surface area contributed by atoms with Crippen molar-refractivity contribution < 1.29 is 4.74 Å². The van der Waals surface area contributed by atoms with Crippen LogP contribution in [0.2, 0.25) is 10.0 Å². The van der Waals surface area contributed by atoms with Gasteiger partial charge in [-0.2, -0.15) is 4.68 Å². The van der Waals surface area contributed by atoms with Crippen LogP contribution in [0.25, 0.3) is 5.69 Å². The van der Waals surface area contributed by atoms with Gasteiger partial charge in [0.2, 0.25) is 5.16 Å². The second kappa shape index (κ2) is 11.9. The molecular formula is C23H20BrCl2N5OS. The smallest absolute Gasteiger partial charge is 0.214 e. The van der Waals surface area contributed by atoms with E-state index in [0.717, 1.165) is 44.5 Å². The molecule has 4 rings (SSSR count). The Morgan fingerprint density at radius 2 is 1.79 bits per heavy atom. The zero-order valence-corrected chi connectivity index (χ0v) is 21.3. The monoisotopic (exact) mass is 563 g/mol. The standard InChI is InChI=1S/C23H20BrCl2N5OS/c24-17-9-10-22(32-15-19-20(25)7-4-8-21(19)26)16(13-17)14-27-11-12-33-23-28-29-30-31(23)18-5-2-1-3-6-18/h1-10,13,27H,11-12,14-15H2. The molecule has 0 aliphatic carbocycles. The summed E-state index contributed by atoms with van der Waals surface area (Å²) in [6.07, 6.45) is 0. The molecule has 0 spiro atoms. The molecule has 0 amide bonds. The summed E-state index contributed by atoms with van der Waals surface area (Å²) in [7, 11) is 0. The van der Waals surface area contributed by atoms with E-state index in [0.29, 0.717) is 23.2 Å². The summed E-state index contributed by atoms with van der Waals surface area (Å²) >= 11 is 17.7. The van der Waals surface area contributed by atoms with Crippen molar-refractivity contribution in [3.63, 3.8) is 0 Å². The van der Waals surface area contributed by atoms with Crippen molar-refractivity contribution in [3.8, 4) is 11.4 Å². The lowest BCUT2D eigenvalue weighted by Crippen LogP contribution is -2.17. The Hall–Kier alpha value is -2.10. The van der Waals surface area contributed by atoms with Gasteiger partial charge in [-0.1, -0.05) is 75.2 Å². The molecule has 4 aromatic rings. The summed E-state index contributed by atoms with van der Waals surface area (Å²) in [5, 5.41) is 17.4. The molecule has 1 heterocycles. The highest BCUT2D eigenvalue weighted by molar-refractivity contribution is 9.10. The van der Waals surface area contributed by atoms with Crippen molar-refractivity contribution in [1.29, 1.82) is 0 Å². The van der Waals surface area contributed by atoms with Crippen LogP contribution in [0.5, 0.6) is 5.75 Å². The molecule has 0 radical (unpaired) electrons. The van der Waals surface area contributed by atoms with Gasteiger partial charge in [-0.25, -0.2) is 0 Å². The molecule has 0 fully saturated rings. The molecular weight excluding hydrogens is 545 g/mol. The van der Waals surface area contributed by atoms with E-state index in [4.69, 9.17) is 27.9 Å². The molecule has 1 aromatic heterocycles. The summed E-state index contributed by atoms with van der Waals surface area (Å²) < 4.78 is 8.78. The zero-order chi connectivity index (χ0) is 23.0. The zero-order valence-electron chi connectivity index (χ0n) is 17.4. The van der Waals surface area contributed by atoms with Gasteiger partial charge in [-0.15, -0.1) is 5.10 Å². The molecule has 0 saturated heterocycles. The fourth-order valence-corrected chi connectivity index (χ4v) is 4.79. The first-order chi connectivity index (χ1) is 16.1. The number of ether oxygens (including phenoxy) is 1. The average Bonchev–Trinajstić information content (AvgIpc) is 3.29. The third kappa shape index (κ3) is 6.49. The van der Waals surface area contributed by atoms with Crippen LogP contribution in [0.15, 0.2) is 76.4 Å². The second-order valence-corrected chi connectivity index (χ2v) is 9.77. The summed E-state index contributed by atoms with van der Waals surface area (Å²) in [5.41, 5.74) is 2.74. The van der Waals surface area contributed by atoms with Crippen LogP contribution in [-0.2, 0) is 13.2 Å². The van der Waals surface area contributed by atoms with Crippen LogP contribution in [0.1, 0.15) is 11.1 Å². The molecule has 0 saturated carbocycles. The lowest BCUT2D eigenvalue weighted by Gasteiger charge is -2.14. The average molecular weight is 565 g/mol. The van der Waals surface area contributed by atoms with Crippen LogP contribution >= 0.6 is 50.9 Å². The van der Waals surface area contributed by atoms with E-state index in [1.807, 2.05) is 66.7 Å². The highest BCUT2D eigenvalue weighted by Gasteiger charge is 2.11. The molecule has 170 valence electrons. The maximum atomic E-state index is 6.27. The highest BCUT2D eigenvalue weighted by atomic mass is 79.9. The summed E-state index contributed by atoms with van der Waals surface area (Å²) in [5.74, 6) is 1.59. The number of hydrogen-bond acceptors (Lipinski definition) is 6. The minimum Gasteiger partial charge on any atom is -0.488 e. The number of benzene rings is 3. The Bertz CT molecular complexity index is 1190. The largest absolute Gasteiger partial charge is 0.488 e. The Morgan fingerprint density at radius 3 is 2.58 bits per heavy atom. The first kappa shape index (κ1) is 24.0. The number of aromatic nitrogens is 4. The number of rotatable bonds is 10. The molecule has 0 aliphatic rings. The molecule has 3 aromatic carbocycles. The summed E-state index contributed by atoms with van der Waals surface area (Å²) in [4.78, 5) is 0. The number of thioether (sulfide) groups is 1. The van der Waals surface area contributed by atoms with E-state index in [-0.39, 0.29) is 0 Å². The normalized spacial score (nSPS) is 11.0. The number of nitrogens with one attached hydrogen (secondary N) is 1. The molecule has 33 heavy (non-hydrogen) atoms. The maximum absolute atomic E-state index is 6.27. The molecule has 0 atom stereocenters. The van der Waals surface area contributed by atoms with E-state index in [1.165, 1.54) is 0 Å². The summed E-state index contributed by atoms with van der Waals surface area (Å²) in [6, 6.07) is 21.2. The Balaban J connectivity index is 1.31. The van der Waals surface area contributed by atoms with Gasteiger partial charge < -0.3 is 10.1 Å². The molecule has 10 heteroatoms. The Morgan fingerprint density at radius 1 is 1.00 bits per heavy atom. The van der Waals surface area contributed by atoms with Gasteiger partial charge in [-0.3, -0.25) is 0 Å². The second-order valence-electron chi connectivity index (χ2n) is 6.97. The van der Waals surface area contributed by atoms with Gasteiger partial charge in [0.25, 0.3) is 0 Å². The fraction of sp³-hybridized carbons (Fsp3) is 0.174. The fourth-order valence-electron chi connectivity index (χ4n) is 3.08. The Kier molecular flexibility index (Phi) is 8.63. The van der Waals surface area contributed by atoms with E-state index in [1.54, 1.807) is 16.4 Å². The predicted octanol–water partition coefficient (Wildman–Crippen LogP) is 6.19. The van der Waals surface area contributed by atoms with Crippen molar-refractivity contribution in [2.45, 2.75) is 18.3 Å². The predicted molar refractivity (Wildman–Crippen MR) is 137 cm³/mol. The van der Waals surface area contributed by atoms with Crippen molar-refractivity contribution in [2.75, 3.05) is 12.3 Å². The van der Waals surface area contributed by atoms with Gasteiger partial charge in [0.1, 0.15) is 12.4 Å². The lowest BCUT2D eigenvalue weighted by molar-refractivity contribution is 0.302. The van der Waals surface area contributed by atoms with Crippen molar-refractivity contribution >= 4 is 50.9 Å².